The molecule has 0 saturated carbocycles. The summed E-state index contributed by atoms with van der Waals surface area (Å²) in [5.41, 5.74) is -0.383. The van der Waals surface area contributed by atoms with Gasteiger partial charge in [0.1, 0.15) is 0 Å². The highest BCUT2D eigenvalue weighted by atomic mass is 19.1. The van der Waals surface area contributed by atoms with Crippen LogP contribution in [0, 0.1) is 5.82 Å². The zero-order chi connectivity index (χ0) is 14.0. The average Bonchev–Trinajstić information content (AvgIpc) is 2.36. The Kier molecular flexibility index (Phi) is 3.75. The molecule has 1 amide bonds. The lowest BCUT2D eigenvalue weighted by Crippen LogP contribution is -2.63. The van der Waals surface area contributed by atoms with E-state index >= 15 is 0 Å². The highest BCUT2D eigenvalue weighted by Crippen LogP contribution is 2.28. The average molecular weight is 267 g/mol. The molecule has 104 valence electrons. The minimum atomic E-state index is -0.755. The molecule has 19 heavy (non-hydrogen) atoms. The highest BCUT2D eigenvalue weighted by molar-refractivity contribution is 5.95. The molecular formula is C14H18FNO3. The largest absolute Gasteiger partial charge is 0.494 e. The van der Waals surface area contributed by atoms with Crippen molar-refractivity contribution in [3.8, 4) is 5.75 Å². The van der Waals surface area contributed by atoms with E-state index in [0.29, 0.717) is 25.1 Å². The third kappa shape index (κ3) is 2.71. The maximum Gasteiger partial charge on any atom is 0.254 e. The van der Waals surface area contributed by atoms with E-state index in [9.17, 15) is 14.3 Å². The summed E-state index contributed by atoms with van der Waals surface area (Å²) < 4.78 is 18.1. The number of hydrogen-bond acceptors (Lipinski definition) is 3. The van der Waals surface area contributed by atoms with Gasteiger partial charge in [-0.3, -0.25) is 4.79 Å². The molecule has 4 nitrogen and oxygen atoms in total. The van der Waals surface area contributed by atoms with Crippen molar-refractivity contribution in [3.63, 3.8) is 0 Å². The van der Waals surface area contributed by atoms with Crippen LogP contribution in [0.2, 0.25) is 0 Å². The summed E-state index contributed by atoms with van der Waals surface area (Å²) >= 11 is 0. The molecule has 0 bridgehead atoms. The number of methoxy groups -OCH3 is 1. The lowest BCUT2D eigenvalue weighted by molar-refractivity contribution is -0.0860. The van der Waals surface area contributed by atoms with Crippen molar-refractivity contribution in [3.05, 3.63) is 29.6 Å². The molecule has 1 aliphatic rings. The van der Waals surface area contributed by atoms with Gasteiger partial charge in [0.05, 0.1) is 25.8 Å². The fraction of sp³-hybridized carbons (Fsp3) is 0.500. The van der Waals surface area contributed by atoms with Crippen LogP contribution in [-0.4, -0.2) is 41.7 Å². The Morgan fingerprint density at radius 1 is 1.53 bits per heavy atom. The summed E-state index contributed by atoms with van der Waals surface area (Å²) in [6, 6.07) is 4.02. The molecule has 0 radical (unpaired) electrons. The molecule has 1 saturated heterocycles. The van der Waals surface area contributed by atoms with Crippen LogP contribution in [0.4, 0.5) is 4.39 Å². The van der Waals surface area contributed by atoms with Gasteiger partial charge in [0.15, 0.2) is 11.6 Å². The molecule has 0 atom stereocenters. The van der Waals surface area contributed by atoms with E-state index in [-0.39, 0.29) is 11.7 Å². The number of benzene rings is 1. The van der Waals surface area contributed by atoms with Crippen molar-refractivity contribution in [2.24, 2.45) is 0 Å². The third-order valence-electron chi connectivity index (χ3n) is 3.37. The van der Waals surface area contributed by atoms with Crippen molar-refractivity contribution in [2.75, 3.05) is 20.2 Å². The van der Waals surface area contributed by atoms with E-state index in [1.165, 1.54) is 25.3 Å². The summed E-state index contributed by atoms with van der Waals surface area (Å²) in [5.74, 6) is -0.653. The van der Waals surface area contributed by atoms with Gasteiger partial charge in [0.2, 0.25) is 0 Å². The molecule has 1 fully saturated rings. The maximum atomic E-state index is 13.3. The van der Waals surface area contributed by atoms with Crippen molar-refractivity contribution in [2.45, 2.75) is 25.4 Å². The Bertz CT molecular complexity index is 484. The van der Waals surface area contributed by atoms with E-state index in [4.69, 9.17) is 4.74 Å². The SMILES string of the molecule is CCCC1(O)CN(C(=O)c2ccc(F)c(OC)c2)C1. The fourth-order valence-electron chi connectivity index (χ4n) is 2.41. The molecule has 1 N–H and O–H groups in total. The number of rotatable bonds is 4. The predicted molar refractivity (Wildman–Crippen MR) is 68.7 cm³/mol. The van der Waals surface area contributed by atoms with Crippen molar-refractivity contribution in [1.29, 1.82) is 0 Å². The van der Waals surface area contributed by atoms with Crippen molar-refractivity contribution >= 4 is 5.91 Å². The van der Waals surface area contributed by atoms with E-state index in [1.807, 2.05) is 6.92 Å². The van der Waals surface area contributed by atoms with Crippen LogP contribution in [0.1, 0.15) is 30.1 Å². The second-order valence-corrected chi connectivity index (χ2v) is 4.98. The van der Waals surface area contributed by atoms with Crippen LogP contribution in [-0.2, 0) is 0 Å². The summed E-state index contributed by atoms with van der Waals surface area (Å²) in [4.78, 5) is 13.7. The number of halogens is 1. The summed E-state index contributed by atoms with van der Waals surface area (Å²) in [6.07, 6.45) is 1.56. The van der Waals surface area contributed by atoms with E-state index < -0.39 is 11.4 Å². The number of ether oxygens (including phenoxy) is 1. The Balaban J connectivity index is 2.06. The maximum absolute atomic E-state index is 13.3. The Labute approximate surface area is 111 Å². The fourth-order valence-corrected chi connectivity index (χ4v) is 2.41. The monoisotopic (exact) mass is 267 g/mol. The standard InChI is InChI=1S/C14H18FNO3/c1-3-6-14(18)8-16(9-14)13(17)10-4-5-11(15)12(7-10)19-2/h4-5,7,18H,3,6,8-9H2,1-2H3. The van der Waals surface area contributed by atoms with Crippen LogP contribution in [0.5, 0.6) is 5.75 Å². The van der Waals surface area contributed by atoms with Crippen LogP contribution in [0.25, 0.3) is 0 Å². The molecule has 0 spiro atoms. The van der Waals surface area contributed by atoms with Gasteiger partial charge in [-0.2, -0.15) is 0 Å². The molecule has 1 aromatic rings. The molecule has 0 aliphatic carbocycles. The molecule has 1 aliphatic heterocycles. The molecule has 0 aromatic heterocycles. The number of aliphatic hydroxyl groups is 1. The van der Waals surface area contributed by atoms with Gasteiger partial charge in [0.25, 0.3) is 5.91 Å². The Hall–Kier alpha value is -1.62. The minimum absolute atomic E-state index is 0.0511. The van der Waals surface area contributed by atoms with Gasteiger partial charge in [-0.25, -0.2) is 4.39 Å². The predicted octanol–water partition coefficient (Wildman–Crippen LogP) is 1.82. The summed E-state index contributed by atoms with van der Waals surface area (Å²) in [6.45, 7) is 2.66. The molecule has 1 aromatic carbocycles. The van der Waals surface area contributed by atoms with Crippen LogP contribution < -0.4 is 4.74 Å². The molecule has 1 heterocycles. The molecule has 2 rings (SSSR count). The lowest BCUT2D eigenvalue weighted by Gasteiger charge is -2.46. The van der Waals surface area contributed by atoms with Crippen LogP contribution >= 0.6 is 0 Å². The summed E-state index contributed by atoms with van der Waals surface area (Å²) in [5, 5.41) is 10.0. The Morgan fingerprint density at radius 3 is 2.79 bits per heavy atom. The van der Waals surface area contributed by atoms with E-state index in [2.05, 4.69) is 0 Å². The van der Waals surface area contributed by atoms with Gasteiger partial charge >= 0.3 is 0 Å². The number of nitrogens with zero attached hydrogens (tertiary/aromatic N) is 1. The zero-order valence-electron chi connectivity index (χ0n) is 11.1. The number of hydrogen-bond donors (Lipinski definition) is 1. The third-order valence-corrected chi connectivity index (χ3v) is 3.37. The first-order valence-corrected chi connectivity index (χ1v) is 6.34. The number of likely N-dealkylation sites (tertiary alicyclic amines) is 1. The normalized spacial score (nSPS) is 16.9. The Morgan fingerprint density at radius 2 is 2.21 bits per heavy atom. The zero-order valence-corrected chi connectivity index (χ0v) is 11.1. The van der Waals surface area contributed by atoms with Gasteiger partial charge in [-0.1, -0.05) is 13.3 Å². The van der Waals surface area contributed by atoms with Gasteiger partial charge in [-0.15, -0.1) is 0 Å². The van der Waals surface area contributed by atoms with E-state index in [1.54, 1.807) is 4.90 Å². The number of amides is 1. The van der Waals surface area contributed by atoms with Gasteiger partial charge < -0.3 is 14.7 Å². The number of β-amino-alcohol motifs (C(OH)–C–C–N with tert-alkyl or cyclic N) is 1. The summed E-state index contributed by atoms with van der Waals surface area (Å²) in [7, 11) is 1.36. The van der Waals surface area contributed by atoms with Crippen LogP contribution in [0.15, 0.2) is 18.2 Å². The first kappa shape index (κ1) is 13.8. The highest BCUT2D eigenvalue weighted by Gasteiger charge is 2.42. The quantitative estimate of drug-likeness (QED) is 0.905. The van der Waals surface area contributed by atoms with Gasteiger partial charge in [-0.05, 0) is 24.6 Å². The van der Waals surface area contributed by atoms with E-state index in [0.717, 1.165) is 6.42 Å². The lowest BCUT2D eigenvalue weighted by atomic mass is 9.89. The van der Waals surface area contributed by atoms with Crippen LogP contribution in [0.3, 0.4) is 0 Å². The molecular weight excluding hydrogens is 249 g/mol. The van der Waals surface area contributed by atoms with Gasteiger partial charge in [0, 0.05) is 5.56 Å². The first-order valence-electron chi connectivity index (χ1n) is 6.34. The van der Waals surface area contributed by atoms with Crippen molar-refractivity contribution in [1.82, 2.24) is 4.90 Å². The van der Waals surface area contributed by atoms with Crippen molar-refractivity contribution < 1.29 is 19.0 Å². The molecule has 5 heteroatoms. The molecule has 0 unspecified atom stereocenters. The minimum Gasteiger partial charge on any atom is -0.494 e. The smallest absolute Gasteiger partial charge is 0.254 e. The second-order valence-electron chi connectivity index (χ2n) is 4.98. The number of carbonyl (C=O) groups is 1. The first-order chi connectivity index (χ1) is 8.99. The number of carbonyl (C=O) groups excluding carboxylic acids is 1. The topological polar surface area (TPSA) is 49.8 Å². The second kappa shape index (κ2) is 5.17.